The van der Waals surface area contributed by atoms with Crippen molar-refractivity contribution >= 4 is 5.91 Å². The van der Waals surface area contributed by atoms with Crippen molar-refractivity contribution in [3.05, 3.63) is 59.9 Å². The molecular formula is C19H22N2O3. The predicted octanol–water partition coefficient (Wildman–Crippen LogP) is 2.47. The highest BCUT2D eigenvalue weighted by molar-refractivity contribution is 5.94. The van der Waals surface area contributed by atoms with Crippen molar-refractivity contribution in [2.75, 3.05) is 19.8 Å². The van der Waals surface area contributed by atoms with Gasteiger partial charge in [-0.1, -0.05) is 0 Å². The Bertz CT molecular complexity index is 658. The Morgan fingerprint density at radius 2 is 1.96 bits per heavy atom. The van der Waals surface area contributed by atoms with E-state index >= 15 is 0 Å². The normalized spacial score (nSPS) is 19.9. The second-order valence-electron chi connectivity index (χ2n) is 5.89. The van der Waals surface area contributed by atoms with Crippen molar-refractivity contribution in [3.8, 4) is 5.75 Å². The molecule has 0 radical (unpaired) electrons. The summed E-state index contributed by atoms with van der Waals surface area (Å²) in [6, 6.07) is 11.2. The molecule has 24 heavy (non-hydrogen) atoms. The molecule has 2 aromatic rings. The quantitative estimate of drug-likeness (QED) is 0.886. The van der Waals surface area contributed by atoms with E-state index in [2.05, 4.69) is 10.3 Å². The summed E-state index contributed by atoms with van der Waals surface area (Å²) in [7, 11) is 0. The molecule has 5 heteroatoms. The molecule has 5 nitrogen and oxygen atoms in total. The Balaban J connectivity index is 1.60. The number of amides is 1. The number of rotatable bonds is 6. The predicted molar refractivity (Wildman–Crippen MR) is 91.1 cm³/mol. The van der Waals surface area contributed by atoms with E-state index in [0.717, 1.165) is 12.2 Å². The number of hydrogen-bond donors (Lipinski definition) is 1. The first-order valence-electron chi connectivity index (χ1n) is 8.26. The summed E-state index contributed by atoms with van der Waals surface area (Å²) in [6.45, 7) is 3.76. The Kier molecular flexibility index (Phi) is 5.43. The molecule has 126 valence electrons. The molecule has 1 aromatic heterocycles. The zero-order valence-corrected chi connectivity index (χ0v) is 13.8. The largest absolute Gasteiger partial charge is 0.494 e. The van der Waals surface area contributed by atoms with Crippen LogP contribution in [0.4, 0.5) is 0 Å². The van der Waals surface area contributed by atoms with Gasteiger partial charge in [0, 0.05) is 23.9 Å². The van der Waals surface area contributed by atoms with Crippen LogP contribution in [0.3, 0.4) is 0 Å². The Hall–Kier alpha value is -2.40. The number of carbonyl (C=O) groups is 1. The number of ether oxygens (including phenoxy) is 2. The van der Waals surface area contributed by atoms with Gasteiger partial charge in [0.15, 0.2) is 0 Å². The average Bonchev–Trinajstić information content (AvgIpc) is 3.03. The number of carbonyl (C=O) groups excluding carboxylic acids is 1. The van der Waals surface area contributed by atoms with E-state index in [0.29, 0.717) is 25.4 Å². The highest BCUT2D eigenvalue weighted by Gasteiger charge is 2.29. The Morgan fingerprint density at radius 3 is 2.67 bits per heavy atom. The zero-order valence-electron chi connectivity index (χ0n) is 13.8. The molecule has 0 aliphatic carbocycles. The Morgan fingerprint density at radius 1 is 1.21 bits per heavy atom. The maximum absolute atomic E-state index is 12.5. The number of benzene rings is 1. The zero-order chi connectivity index (χ0) is 16.8. The molecular weight excluding hydrogens is 304 g/mol. The molecule has 2 heterocycles. The molecule has 0 bridgehead atoms. The van der Waals surface area contributed by atoms with E-state index in [1.165, 1.54) is 5.56 Å². The van der Waals surface area contributed by atoms with Crippen LogP contribution in [0.1, 0.15) is 22.8 Å². The van der Waals surface area contributed by atoms with E-state index < -0.39 is 0 Å². The van der Waals surface area contributed by atoms with Crippen LogP contribution < -0.4 is 10.1 Å². The van der Waals surface area contributed by atoms with Crippen LogP contribution >= 0.6 is 0 Å². The first-order chi connectivity index (χ1) is 11.8. The molecule has 1 amide bonds. The maximum atomic E-state index is 12.5. The highest BCUT2D eigenvalue weighted by Crippen LogP contribution is 2.20. The summed E-state index contributed by atoms with van der Waals surface area (Å²) in [6.07, 6.45) is 4.45. The van der Waals surface area contributed by atoms with Crippen LogP contribution in [0.5, 0.6) is 5.75 Å². The number of nitrogens with one attached hydrogen (secondary N) is 1. The second-order valence-corrected chi connectivity index (χ2v) is 5.89. The van der Waals surface area contributed by atoms with Gasteiger partial charge in [-0.15, -0.1) is 0 Å². The van der Waals surface area contributed by atoms with Gasteiger partial charge in [-0.25, -0.2) is 0 Å². The van der Waals surface area contributed by atoms with E-state index in [9.17, 15) is 4.79 Å². The fourth-order valence-corrected chi connectivity index (χ4v) is 2.90. The van der Waals surface area contributed by atoms with Crippen molar-refractivity contribution in [2.45, 2.75) is 19.4 Å². The lowest BCUT2D eigenvalue weighted by molar-refractivity contribution is 0.0925. The van der Waals surface area contributed by atoms with Crippen molar-refractivity contribution in [3.63, 3.8) is 0 Å². The number of nitrogens with zero attached hydrogens (tertiary/aromatic N) is 1. The van der Waals surface area contributed by atoms with Gasteiger partial charge in [-0.2, -0.15) is 0 Å². The van der Waals surface area contributed by atoms with Crippen LogP contribution in [-0.4, -0.2) is 36.8 Å². The molecule has 1 N–H and O–H groups in total. The lowest BCUT2D eigenvalue weighted by Gasteiger charge is -2.19. The summed E-state index contributed by atoms with van der Waals surface area (Å²) in [5, 5.41) is 3.10. The van der Waals surface area contributed by atoms with Crippen molar-refractivity contribution in [2.24, 2.45) is 5.92 Å². The molecule has 1 aliphatic rings. The molecule has 1 fully saturated rings. The molecule has 1 aliphatic heterocycles. The molecule has 2 atom stereocenters. The summed E-state index contributed by atoms with van der Waals surface area (Å²) >= 11 is 0. The average molecular weight is 326 g/mol. The van der Waals surface area contributed by atoms with Gasteiger partial charge in [0.2, 0.25) is 0 Å². The van der Waals surface area contributed by atoms with Crippen LogP contribution in [0.25, 0.3) is 0 Å². The van der Waals surface area contributed by atoms with Crippen LogP contribution in [-0.2, 0) is 11.2 Å². The fraction of sp³-hybridized carbons (Fsp3) is 0.368. The first-order valence-corrected chi connectivity index (χ1v) is 8.26. The van der Waals surface area contributed by atoms with E-state index in [1.54, 1.807) is 24.5 Å². The van der Waals surface area contributed by atoms with Crippen molar-refractivity contribution in [1.29, 1.82) is 0 Å². The molecule has 3 rings (SSSR count). The fourth-order valence-electron chi connectivity index (χ4n) is 2.90. The Labute approximate surface area is 142 Å². The third-order valence-electron chi connectivity index (χ3n) is 4.19. The van der Waals surface area contributed by atoms with Gasteiger partial charge in [-0.3, -0.25) is 9.78 Å². The maximum Gasteiger partial charge on any atom is 0.251 e. The van der Waals surface area contributed by atoms with Gasteiger partial charge in [0.1, 0.15) is 5.75 Å². The van der Waals surface area contributed by atoms with E-state index in [1.807, 2.05) is 31.2 Å². The van der Waals surface area contributed by atoms with Crippen LogP contribution in [0.15, 0.2) is 48.8 Å². The molecule has 1 saturated heterocycles. The summed E-state index contributed by atoms with van der Waals surface area (Å²) in [4.78, 5) is 16.5. The first kappa shape index (κ1) is 16.5. The molecule has 0 unspecified atom stereocenters. The minimum atomic E-state index is -0.0757. The third kappa shape index (κ3) is 4.11. The lowest BCUT2D eigenvalue weighted by atomic mass is 9.95. The van der Waals surface area contributed by atoms with Crippen molar-refractivity contribution < 1.29 is 14.3 Å². The minimum Gasteiger partial charge on any atom is -0.494 e. The van der Waals surface area contributed by atoms with E-state index in [4.69, 9.17) is 9.47 Å². The lowest BCUT2D eigenvalue weighted by Crippen LogP contribution is -2.40. The smallest absolute Gasteiger partial charge is 0.251 e. The van der Waals surface area contributed by atoms with Gasteiger partial charge in [-0.05, 0) is 55.3 Å². The molecule has 0 spiro atoms. The molecule has 1 aromatic carbocycles. The third-order valence-corrected chi connectivity index (χ3v) is 4.19. The summed E-state index contributed by atoms with van der Waals surface area (Å²) < 4.78 is 11.0. The molecule has 0 saturated carbocycles. The van der Waals surface area contributed by atoms with Gasteiger partial charge >= 0.3 is 0 Å². The van der Waals surface area contributed by atoms with Crippen LogP contribution in [0.2, 0.25) is 0 Å². The SMILES string of the molecule is CCOc1ccc(C(=O)N[C@H]2COC[C@H]2Cc2ccncc2)cc1. The number of hydrogen-bond acceptors (Lipinski definition) is 4. The summed E-state index contributed by atoms with van der Waals surface area (Å²) in [5.74, 6) is 0.973. The summed E-state index contributed by atoms with van der Waals surface area (Å²) in [5.41, 5.74) is 1.84. The van der Waals surface area contributed by atoms with Gasteiger partial charge in [0.25, 0.3) is 5.91 Å². The highest BCUT2D eigenvalue weighted by atomic mass is 16.5. The second kappa shape index (κ2) is 7.93. The number of aromatic nitrogens is 1. The van der Waals surface area contributed by atoms with Crippen molar-refractivity contribution in [1.82, 2.24) is 10.3 Å². The van der Waals surface area contributed by atoms with Crippen LogP contribution in [0, 0.1) is 5.92 Å². The minimum absolute atomic E-state index is 0.0252. The monoisotopic (exact) mass is 326 g/mol. The van der Waals surface area contributed by atoms with E-state index in [-0.39, 0.29) is 17.9 Å². The topological polar surface area (TPSA) is 60.5 Å². The number of pyridine rings is 1. The van der Waals surface area contributed by atoms with Gasteiger partial charge in [0.05, 0.1) is 25.9 Å². The van der Waals surface area contributed by atoms with Gasteiger partial charge < -0.3 is 14.8 Å². The standard InChI is InChI=1S/C19H22N2O3/c1-2-24-17-5-3-15(4-6-17)19(22)21-18-13-23-12-16(18)11-14-7-9-20-10-8-14/h3-10,16,18H,2,11-13H2,1H3,(H,21,22)/t16-,18+/m1/s1.